The van der Waals surface area contributed by atoms with Gasteiger partial charge in [0.05, 0.1) is 27.7 Å². The molecule has 10 heteroatoms. The second kappa shape index (κ2) is 27.1. The minimum absolute atomic E-state index is 0.0322. The van der Waals surface area contributed by atoms with Crippen LogP contribution in [0.25, 0.3) is 0 Å². The number of esters is 2. The second-order valence-electron chi connectivity index (χ2n) is 12.5. The SMILES string of the molecule is CC/C=C/CCCCCCC(=O)OC[C@@H](COP(=O)(O)OCC[N+](C)(C)C)OC(=O)CCCCCCCCCCCCC. The molecule has 9 nitrogen and oxygen atoms in total. The lowest BCUT2D eigenvalue weighted by Gasteiger charge is -2.24. The van der Waals surface area contributed by atoms with Crippen LogP contribution in [0.4, 0.5) is 0 Å². The maximum Gasteiger partial charge on any atom is 0.472 e. The monoisotopic (exact) mass is 634 g/mol. The van der Waals surface area contributed by atoms with Gasteiger partial charge < -0.3 is 18.9 Å². The zero-order chi connectivity index (χ0) is 32.2. The van der Waals surface area contributed by atoms with E-state index in [4.69, 9.17) is 18.5 Å². The predicted octanol–water partition coefficient (Wildman–Crippen LogP) is 8.29. The molecule has 43 heavy (non-hydrogen) atoms. The van der Waals surface area contributed by atoms with Crippen LogP contribution >= 0.6 is 7.82 Å². The first kappa shape index (κ1) is 41.8. The van der Waals surface area contributed by atoms with Gasteiger partial charge in [0.2, 0.25) is 0 Å². The van der Waals surface area contributed by atoms with Crippen molar-refractivity contribution in [3.8, 4) is 0 Å². The molecule has 0 heterocycles. The van der Waals surface area contributed by atoms with Crippen molar-refractivity contribution in [2.45, 2.75) is 142 Å². The lowest BCUT2D eigenvalue weighted by atomic mass is 10.1. The number of hydrogen-bond donors (Lipinski definition) is 1. The topological polar surface area (TPSA) is 108 Å². The summed E-state index contributed by atoms with van der Waals surface area (Å²) in [7, 11) is 1.47. The van der Waals surface area contributed by atoms with E-state index in [0.717, 1.165) is 51.4 Å². The fraction of sp³-hybridized carbons (Fsp3) is 0.879. The third kappa shape index (κ3) is 30.6. The van der Waals surface area contributed by atoms with Gasteiger partial charge in [-0.05, 0) is 32.1 Å². The molecule has 0 spiro atoms. The highest BCUT2D eigenvalue weighted by Crippen LogP contribution is 2.43. The predicted molar refractivity (Wildman–Crippen MR) is 174 cm³/mol. The molecule has 0 fully saturated rings. The number of allylic oxidation sites excluding steroid dienone is 2. The van der Waals surface area contributed by atoms with Crippen LogP contribution in [0.15, 0.2) is 12.2 Å². The van der Waals surface area contributed by atoms with E-state index in [2.05, 4.69) is 26.0 Å². The minimum atomic E-state index is -4.35. The number of phosphoric ester groups is 1. The number of carbonyl (C=O) groups excluding carboxylic acids is 2. The van der Waals surface area contributed by atoms with Gasteiger partial charge in [-0.25, -0.2) is 4.57 Å². The zero-order valence-corrected chi connectivity index (χ0v) is 29.1. The lowest BCUT2D eigenvalue weighted by Crippen LogP contribution is -2.37. The maximum atomic E-state index is 12.5. The highest BCUT2D eigenvalue weighted by Gasteiger charge is 2.27. The summed E-state index contributed by atoms with van der Waals surface area (Å²) in [5.74, 6) is -0.819. The van der Waals surface area contributed by atoms with Gasteiger partial charge in [0.15, 0.2) is 6.10 Å². The van der Waals surface area contributed by atoms with Crippen molar-refractivity contribution in [2.75, 3.05) is 47.5 Å². The number of unbranched alkanes of at least 4 members (excludes halogenated alkanes) is 14. The van der Waals surface area contributed by atoms with Crippen LogP contribution in [0.2, 0.25) is 0 Å². The summed E-state index contributed by atoms with van der Waals surface area (Å²) in [6.45, 7) is 4.25. The Labute approximate surface area is 263 Å². The average Bonchev–Trinajstić information content (AvgIpc) is 2.93. The lowest BCUT2D eigenvalue weighted by molar-refractivity contribution is -0.870. The highest BCUT2D eigenvalue weighted by atomic mass is 31.2. The average molecular weight is 635 g/mol. The Balaban J connectivity index is 4.51. The smallest absolute Gasteiger partial charge is 0.462 e. The molecule has 0 radical (unpaired) electrons. The molecule has 0 aromatic heterocycles. The summed E-state index contributed by atoms with van der Waals surface area (Å²) < 4.78 is 33.9. The van der Waals surface area contributed by atoms with E-state index in [9.17, 15) is 19.0 Å². The van der Waals surface area contributed by atoms with Gasteiger partial charge in [0.25, 0.3) is 0 Å². The fourth-order valence-corrected chi connectivity index (χ4v) is 5.11. The van der Waals surface area contributed by atoms with E-state index < -0.39 is 26.5 Å². The molecular formula is C33H65NO8P+. The van der Waals surface area contributed by atoms with Gasteiger partial charge in [-0.2, -0.15) is 0 Å². The van der Waals surface area contributed by atoms with Crippen LogP contribution in [0, 0.1) is 0 Å². The van der Waals surface area contributed by atoms with Gasteiger partial charge in [0, 0.05) is 12.8 Å². The van der Waals surface area contributed by atoms with Crippen molar-refractivity contribution < 1.29 is 42.1 Å². The van der Waals surface area contributed by atoms with Gasteiger partial charge in [-0.15, -0.1) is 0 Å². The van der Waals surface area contributed by atoms with Crippen LogP contribution in [0.5, 0.6) is 0 Å². The van der Waals surface area contributed by atoms with Crippen molar-refractivity contribution in [3.05, 3.63) is 12.2 Å². The fourth-order valence-electron chi connectivity index (χ4n) is 4.37. The second-order valence-corrected chi connectivity index (χ2v) is 14.0. The summed E-state index contributed by atoms with van der Waals surface area (Å²) in [6.07, 6.45) is 22.8. The Morgan fingerprint density at radius 2 is 1.26 bits per heavy atom. The van der Waals surface area contributed by atoms with Crippen molar-refractivity contribution in [3.63, 3.8) is 0 Å². The Morgan fingerprint density at radius 3 is 1.81 bits per heavy atom. The molecule has 0 bridgehead atoms. The summed E-state index contributed by atoms with van der Waals surface area (Å²) >= 11 is 0. The molecule has 0 saturated heterocycles. The number of carbonyl (C=O) groups is 2. The quantitative estimate of drug-likeness (QED) is 0.0276. The van der Waals surface area contributed by atoms with Crippen LogP contribution in [-0.2, 0) is 32.7 Å². The highest BCUT2D eigenvalue weighted by molar-refractivity contribution is 7.47. The first-order chi connectivity index (χ1) is 20.5. The molecule has 0 aromatic rings. The standard InChI is InChI=1S/C33H64NO8P/c1-6-8-10-12-14-16-17-18-20-22-24-26-33(36)42-31(30-41-43(37,38)40-28-27-34(3,4)5)29-39-32(35)25-23-21-19-15-13-11-9-7-2/h9,11,31H,6-8,10,12-30H2,1-5H3/p+1/b11-9+/t31-/m0/s1. The number of hydrogen-bond acceptors (Lipinski definition) is 7. The van der Waals surface area contributed by atoms with Crippen molar-refractivity contribution in [1.82, 2.24) is 0 Å². The summed E-state index contributed by atoms with van der Waals surface area (Å²) in [5.41, 5.74) is 0. The van der Waals surface area contributed by atoms with E-state index in [1.807, 2.05) is 21.1 Å². The van der Waals surface area contributed by atoms with Gasteiger partial charge >= 0.3 is 19.8 Å². The van der Waals surface area contributed by atoms with Gasteiger partial charge in [-0.1, -0.05) is 103 Å². The van der Waals surface area contributed by atoms with E-state index in [0.29, 0.717) is 17.4 Å². The maximum absolute atomic E-state index is 12.5. The Hall–Kier alpha value is -1.25. The number of ether oxygens (including phenoxy) is 2. The largest absolute Gasteiger partial charge is 0.472 e. The third-order valence-electron chi connectivity index (χ3n) is 7.06. The van der Waals surface area contributed by atoms with E-state index in [-0.39, 0.29) is 32.0 Å². The normalized spacial score (nSPS) is 14.1. The molecule has 0 aliphatic heterocycles. The van der Waals surface area contributed by atoms with E-state index in [1.165, 1.54) is 51.4 Å². The van der Waals surface area contributed by atoms with Crippen LogP contribution in [0.3, 0.4) is 0 Å². The van der Waals surface area contributed by atoms with Crippen LogP contribution < -0.4 is 0 Å². The number of rotatable bonds is 30. The van der Waals surface area contributed by atoms with E-state index >= 15 is 0 Å². The Kier molecular flexibility index (Phi) is 26.3. The minimum Gasteiger partial charge on any atom is -0.462 e. The summed E-state index contributed by atoms with van der Waals surface area (Å²) in [5, 5.41) is 0. The molecule has 1 unspecified atom stereocenters. The van der Waals surface area contributed by atoms with Gasteiger partial charge in [-0.3, -0.25) is 18.6 Å². The first-order valence-corrected chi connectivity index (χ1v) is 18.4. The van der Waals surface area contributed by atoms with Crippen LogP contribution in [-0.4, -0.2) is 74.9 Å². The summed E-state index contributed by atoms with van der Waals surface area (Å²) in [6, 6.07) is 0. The van der Waals surface area contributed by atoms with Crippen molar-refractivity contribution in [2.24, 2.45) is 0 Å². The van der Waals surface area contributed by atoms with Gasteiger partial charge in [0.1, 0.15) is 19.8 Å². The first-order valence-electron chi connectivity index (χ1n) is 16.9. The molecular weight excluding hydrogens is 569 g/mol. The number of phosphoric acid groups is 1. The van der Waals surface area contributed by atoms with E-state index in [1.54, 1.807) is 0 Å². The number of nitrogens with zero attached hydrogens (tertiary/aromatic N) is 1. The Morgan fingerprint density at radius 1 is 0.721 bits per heavy atom. The molecule has 0 aromatic carbocycles. The Bertz CT molecular complexity index is 768. The molecule has 0 rings (SSSR count). The van der Waals surface area contributed by atoms with Crippen molar-refractivity contribution in [1.29, 1.82) is 0 Å². The summed E-state index contributed by atoms with van der Waals surface area (Å²) in [4.78, 5) is 34.9. The van der Waals surface area contributed by atoms with Crippen LogP contribution in [0.1, 0.15) is 136 Å². The molecule has 0 aliphatic carbocycles. The molecule has 1 N–H and O–H groups in total. The zero-order valence-electron chi connectivity index (χ0n) is 28.2. The number of quaternary nitrogens is 1. The molecule has 254 valence electrons. The molecule has 0 amide bonds. The van der Waals surface area contributed by atoms with Crippen molar-refractivity contribution >= 4 is 19.8 Å². The molecule has 0 saturated carbocycles. The molecule has 0 aliphatic rings. The number of likely N-dealkylation sites (N-methyl/N-ethyl adjacent to an activating group) is 1. The molecule has 2 atom stereocenters. The third-order valence-corrected chi connectivity index (χ3v) is 8.04.